The van der Waals surface area contributed by atoms with Crippen LogP contribution in [0.1, 0.15) is 30.5 Å². The average molecular weight is 335 g/mol. The third-order valence-corrected chi connectivity index (χ3v) is 5.82. The molecule has 1 N–H and O–H groups in total. The number of hydrogen-bond donors (Lipinski definition) is 1. The fourth-order valence-corrected chi connectivity index (χ4v) is 4.16. The first-order chi connectivity index (χ1) is 12.2. The monoisotopic (exact) mass is 335 g/mol. The second kappa shape index (κ2) is 7.01. The Balaban J connectivity index is 1.50. The van der Waals surface area contributed by atoms with Gasteiger partial charge in [0.15, 0.2) is 0 Å². The number of rotatable bonds is 4. The SMILES string of the molecule is C[C@@H]1C[C@@H]1C(=O)N1CC[NH+](C(c2ccccc2)c2ccccc2)CC1. The Morgan fingerprint density at radius 2 is 1.44 bits per heavy atom. The minimum atomic E-state index is 0.306. The summed E-state index contributed by atoms with van der Waals surface area (Å²) in [6.45, 7) is 5.98. The highest BCUT2D eigenvalue weighted by Crippen LogP contribution is 2.39. The summed E-state index contributed by atoms with van der Waals surface area (Å²) in [4.78, 5) is 16.2. The molecule has 1 heterocycles. The van der Waals surface area contributed by atoms with Crippen molar-refractivity contribution in [1.29, 1.82) is 0 Å². The molecule has 2 fully saturated rings. The number of carbonyl (C=O) groups is 1. The lowest BCUT2D eigenvalue weighted by molar-refractivity contribution is -0.929. The van der Waals surface area contributed by atoms with Gasteiger partial charge in [-0.3, -0.25) is 4.79 Å². The van der Waals surface area contributed by atoms with Gasteiger partial charge in [-0.05, 0) is 12.3 Å². The molecule has 1 amide bonds. The summed E-state index contributed by atoms with van der Waals surface area (Å²) in [6.07, 6.45) is 1.09. The first-order valence-corrected chi connectivity index (χ1v) is 9.47. The Hall–Kier alpha value is -2.13. The molecule has 3 heteroatoms. The van der Waals surface area contributed by atoms with Crippen molar-refractivity contribution in [2.24, 2.45) is 11.8 Å². The van der Waals surface area contributed by atoms with Gasteiger partial charge < -0.3 is 9.80 Å². The Morgan fingerprint density at radius 1 is 0.960 bits per heavy atom. The number of hydrogen-bond acceptors (Lipinski definition) is 1. The van der Waals surface area contributed by atoms with Crippen molar-refractivity contribution in [2.45, 2.75) is 19.4 Å². The zero-order valence-electron chi connectivity index (χ0n) is 14.9. The molecule has 1 aliphatic carbocycles. The Bertz CT molecular complexity index is 668. The van der Waals surface area contributed by atoms with Gasteiger partial charge in [-0.1, -0.05) is 67.6 Å². The van der Waals surface area contributed by atoms with Crippen LogP contribution in [0.15, 0.2) is 60.7 Å². The molecule has 130 valence electrons. The van der Waals surface area contributed by atoms with Gasteiger partial charge in [0.2, 0.25) is 5.91 Å². The lowest BCUT2D eigenvalue weighted by Crippen LogP contribution is -3.15. The van der Waals surface area contributed by atoms with Crippen molar-refractivity contribution >= 4 is 5.91 Å². The van der Waals surface area contributed by atoms with E-state index in [1.54, 1.807) is 4.90 Å². The van der Waals surface area contributed by atoms with E-state index in [-0.39, 0.29) is 0 Å². The van der Waals surface area contributed by atoms with Gasteiger partial charge in [-0.15, -0.1) is 0 Å². The van der Waals surface area contributed by atoms with Crippen molar-refractivity contribution < 1.29 is 9.69 Å². The quantitative estimate of drug-likeness (QED) is 0.910. The maximum atomic E-state index is 12.5. The Morgan fingerprint density at radius 3 is 1.88 bits per heavy atom. The van der Waals surface area contributed by atoms with E-state index in [1.165, 1.54) is 11.1 Å². The standard InChI is InChI=1S/C22H26N2O/c1-17-16-20(17)22(25)24-14-12-23(13-15-24)21(18-8-4-2-5-9-18)19-10-6-3-7-11-19/h2-11,17,20-21H,12-16H2,1H3/p+1/t17-,20+/m1/s1. The zero-order valence-corrected chi connectivity index (χ0v) is 14.9. The predicted molar refractivity (Wildman–Crippen MR) is 99.3 cm³/mol. The number of benzene rings is 2. The summed E-state index contributed by atoms with van der Waals surface area (Å²) in [7, 11) is 0. The zero-order chi connectivity index (χ0) is 17.2. The van der Waals surface area contributed by atoms with Gasteiger partial charge in [0.25, 0.3) is 0 Å². The van der Waals surface area contributed by atoms with E-state index in [0.717, 1.165) is 32.6 Å². The molecule has 2 aliphatic rings. The van der Waals surface area contributed by atoms with E-state index in [4.69, 9.17) is 0 Å². The molecule has 0 bridgehead atoms. The fraction of sp³-hybridized carbons (Fsp3) is 0.409. The molecule has 0 aromatic heterocycles. The van der Waals surface area contributed by atoms with Crippen LogP contribution >= 0.6 is 0 Å². The van der Waals surface area contributed by atoms with Crippen LogP contribution in [0.5, 0.6) is 0 Å². The third-order valence-electron chi connectivity index (χ3n) is 5.82. The topological polar surface area (TPSA) is 24.8 Å². The van der Waals surface area contributed by atoms with Crippen LogP contribution in [-0.4, -0.2) is 37.0 Å². The Kier molecular flexibility index (Phi) is 4.58. The second-order valence-electron chi connectivity index (χ2n) is 7.56. The summed E-state index contributed by atoms with van der Waals surface area (Å²) in [5.74, 6) is 1.29. The number of nitrogens with one attached hydrogen (secondary N) is 1. The van der Waals surface area contributed by atoms with E-state index >= 15 is 0 Å². The molecule has 0 unspecified atom stereocenters. The summed E-state index contributed by atoms with van der Waals surface area (Å²) in [5.41, 5.74) is 2.72. The van der Waals surface area contributed by atoms with Crippen molar-refractivity contribution in [3.63, 3.8) is 0 Å². The summed E-state index contributed by atoms with van der Waals surface area (Å²) >= 11 is 0. The van der Waals surface area contributed by atoms with E-state index in [1.807, 2.05) is 0 Å². The van der Waals surface area contributed by atoms with Gasteiger partial charge in [-0.2, -0.15) is 0 Å². The van der Waals surface area contributed by atoms with Crippen LogP contribution in [0.2, 0.25) is 0 Å². The van der Waals surface area contributed by atoms with Crippen molar-refractivity contribution in [3.05, 3.63) is 71.8 Å². The molecule has 4 rings (SSSR count). The molecule has 2 aromatic rings. The first-order valence-electron chi connectivity index (χ1n) is 9.47. The lowest BCUT2D eigenvalue weighted by Gasteiger charge is -2.37. The molecular formula is C22H27N2O+. The van der Waals surface area contributed by atoms with Gasteiger partial charge >= 0.3 is 0 Å². The normalized spacial score (nSPS) is 23.7. The highest BCUT2D eigenvalue weighted by atomic mass is 16.2. The number of amides is 1. The van der Waals surface area contributed by atoms with E-state index in [9.17, 15) is 4.79 Å². The van der Waals surface area contributed by atoms with Crippen LogP contribution in [0.4, 0.5) is 0 Å². The molecule has 1 saturated heterocycles. The van der Waals surface area contributed by atoms with E-state index in [0.29, 0.717) is 23.8 Å². The van der Waals surface area contributed by atoms with Gasteiger partial charge in [0.05, 0.1) is 26.2 Å². The average Bonchev–Trinajstić information content (AvgIpc) is 3.40. The molecular weight excluding hydrogens is 308 g/mol. The maximum absolute atomic E-state index is 12.5. The largest absolute Gasteiger partial charge is 0.331 e. The van der Waals surface area contributed by atoms with Crippen LogP contribution in [0, 0.1) is 11.8 Å². The number of carbonyl (C=O) groups excluding carboxylic acids is 1. The first kappa shape index (κ1) is 16.3. The highest BCUT2D eigenvalue weighted by molar-refractivity contribution is 5.81. The molecule has 0 spiro atoms. The van der Waals surface area contributed by atoms with Gasteiger partial charge in [0, 0.05) is 17.0 Å². The minimum Gasteiger partial charge on any atom is -0.331 e. The summed E-state index contributed by atoms with van der Waals surface area (Å²) < 4.78 is 0. The molecule has 1 aliphatic heterocycles. The fourth-order valence-electron chi connectivity index (χ4n) is 4.16. The lowest BCUT2D eigenvalue weighted by atomic mass is 9.96. The van der Waals surface area contributed by atoms with Crippen molar-refractivity contribution in [3.8, 4) is 0 Å². The smallest absolute Gasteiger partial charge is 0.226 e. The number of piperazine rings is 1. The second-order valence-corrected chi connectivity index (χ2v) is 7.56. The molecule has 0 radical (unpaired) electrons. The summed E-state index contributed by atoms with van der Waals surface area (Å²) in [5, 5.41) is 0. The van der Waals surface area contributed by atoms with E-state index < -0.39 is 0 Å². The maximum Gasteiger partial charge on any atom is 0.226 e. The molecule has 3 nitrogen and oxygen atoms in total. The van der Waals surface area contributed by atoms with E-state index in [2.05, 4.69) is 72.5 Å². The van der Waals surface area contributed by atoms with Crippen molar-refractivity contribution in [1.82, 2.24) is 4.90 Å². The van der Waals surface area contributed by atoms with Crippen LogP contribution in [-0.2, 0) is 4.79 Å². The molecule has 2 aromatic carbocycles. The number of nitrogens with zero attached hydrogens (tertiary/aromatic N) is 1. The molecule has 1 saturated carbocycles. The predicted octanol–water partition coefficient (Wildman–Crippen LogP) is 2.16. The summed E-state index contributed by atoms with van der Waals surface area (Å²) in [6, 6.07) is 21.9. The van der Waals surface area contributed by atoms with Gasteiger partial charge in [0.1, 0.15) is 6.04 Å². The highest BCUT2D eigenvalue weighted by Gasteiger charge is 2.43. The van der Waals surface area contributed by atoms with Gasteiger partial charge in [-0.25, -0.2) is 0 Å². The molecule has 25 heavy (non-hydrogen) atoms. The van der Waals surface area contributed by atoms with Crippen LogP contribution < -0.4 is 4.90 Å². The minimum absolute atomic E-state index is 0.306. The molecule has 2 atom stereocenters. The van der Waals surface area contributed by atoms with Crippen molar-refractivity contribution in [2.75, 3.05) is 26.2 Å². The third kappa shape index (κ3) is 3.47. The van der Waals surface area contributed by atoms with Crippen LogP contribution in [0.25, 0.3) is 0 Å². The number of quaternary nitrogens is 1. The Labute approximate surface area is 150 Å². The van der Waals surface area contributed by atoms with Crippen LogP contribution in [0.3, 0.4) is 0 Å².